The largest absolute Gasteiger partial charge is 0.466 e. The van der Waals surface area contributed by atoms with E-state index in [0.29, 0.717) is 18.2 Å². The zero-order chi connectivity index (χ0) is 18.2. The molecule has 1 heterocycles. The van der Waals surface area contributed by atoms with Crippen LogP contribution in [0, 0.1) is 13.8 Å². The minimum absolute atomic E-state index is 0.0565. The highest BCUT2D eigenvalue weighted by Gasteiger charge is 2.09. The van der Waals surface area contributed by atoms with Crippen LogP contribution in [0.5, 0.6) is 11.6 Å². The van der Waals surface area contributed by atoms with E-state index in [2.05, 4.69) is 10.3 Å². The second kappa shape index (κ2) is 8.82. The molecule has 0 radical (unpaired) electrons. The first-order chi connectivity index (χ1) is 12.0. The highest BCUT2D eigenvalue weighted by molar-refractivity contribution is 5.92. The van der Waals surface area contributed by atoms with Crippen molar-refractivity contribution in [3.05, 3.63) is 47.7 Å². The first-order valence-electron chi connectivity index (χ1n) is 8.15. The number of rotatable bonds is 7. The van der Waals surface area contributed by atoms with Gasteiger partial charge in [-0.2, -0.15) is 0 Å². The number of carbonyl (C=O) groups excluding carboxylic acids is 2. The number of carbonyl (C=O) groups is 2. The van der Waals surface area contributed by atoms with Crippen LogP contribution in [0.15, 0.2) is 36.5 Å². The molecule has 6 nitrogen and oxygen atoms in total. The van der Waals surface area contributed by atoms with E-state index in [0.717, 1.165) is 16.9 Å². The third-order valence-electron chi connectivity index (χ3n) is 3.65. The van der Waals surface area contributed by atoms with Crippen LogP contribution >= 0.6 is 0 Å². The Labute approximate surface area is 147 Å². The van der Waals surface area contributed by atoms with Gasteiger partial charge in [-0.15, -0.1) is 0 Å². The number of anilines is 1. The van der Waals surface area contributed by atoms with Crippen molar-refractivity contribution in [2.45, 2.75) is 33.6 Å². The maximum atomic E-state index is 11.8. The normalized spacial score (nSPS) is 10.2. The van der Waals surface area contributed by atoms with Crippen molar-refractivity contribution in [3.8, 4) is 11.6 Å². The molecule has 25 heavy (non-hydrogen) atoms. The summed E-state index contributed by atoms with van der Waals surface area (Å²) < 4.78 is 10.6. The number of esters is 1. The number of amides is 1. The third-order valence-corrected chi connectivity index (χ3v) is 3.65. The number of benzene rings is 1. The van der Waals surface area contributed by atoms with Crippen LogP contribution in [-0.4, -0.2) is 23.5 Å². The molecule has 2 aromatic rings. The number of hydrogen-bond donors (Lipinski definition) is 1. The Bertz CT molecular complexity index is 742. The SMILES string of the molecule is CCOC(=O)CCC(=O)Nc1ccc(Oc2cccc(C)c2C)nc1. The van der Waals surface area contributed by atoms with Crippen molar-refractivity contribution < 1.29 is 19.1 Å². The van der Waals surface area contributed by atoms with E-state index in [9.17, 15) is 9.59 Å². The highest BCUT2D eigenvalue weighted by atomic mass is 16.5. The summed E-state index contributed by atoms with van der Waals surface area (Å²) >= 11 is 0. The van der Waals surface area contributed by atoms with E-state index in [1.807, 2.05) is 32.0 Å². The monoisotopic (exact) mass is 342 g/mol. The Morgan fingerprint density at radius 2 is 1.92 bits per heavy atom. The molecule has 0 spiro atoms. The van der Waals surface area contributed by atoms with Crippen LogP contribution in [-0.2, 0) is 14.3 Å². The van der Waals surface area contributed by atoms with E-state index in [-0.39, 0.29) is 24.7 Å². The smallest absolute Gasteiger partial charge is 0.306 e. The van der Waals surface area contributed by atoms with Crippen LogP contribution in [0.2, 0.25) is 0 Å². The lowest BCUT2D eigenvalue weighted by Crippen LogP contribution is -2.14. The third kappa shape index (κ3) is 5.60. The van der Waals surface area contributed by atoms with Gasteiger partial charge in [0, 0.05) is 12.5 Å². The molecule has 1 amide bonds. The van der Waals surface area contributed by atoms with Crippen LogP contribution in [0.1, 0.15) is 30.9 Å². The minimum Gasteiger partial charge on any atom is -0.466 e. The topological polar surface area (TPSA) is 77.5 Å². The molecule has 1 aromatic carbocycles. The molecule has 0 fully saturated rings. The molecule has 0 atom stereocenters. The van der Waals surface area contributed by atoms with Crippen LogP contribution in [0.25, 0.3) is 0 Å². The number of aromatic nitrogens is 1. The lowest BCUT2D eigenvalue weighted by Gasteiger charge is -2.10. The number of ether oxygens (including phenoxy) is 2. The number of nitrogens with one attached hydrogen (secondary N) is 1. The molecule has 1 aromatic heterocycles. The lowest BCUT2D eigenvalue weighted by molar-refractivity contribution is -0.144. The minimum atomic E-state index is -0.381. The molecule has 0 saturated carbocycles. The van der Waals surface area contributed by atoms with Gasteiger partial charge in [-0.3, -0.25) is 9.59 Å². The van der Waals surface area contributed by atoms with Gasteiger partial charge in [0.25, 0.3) is 0 Å². The number of pyridine rings is 1. The van der Waals surface area contributed by atoms with Crippen molar-refractivity contribution in [1.82, 2.24) is 4.98 Å². The molecule has 0 unspecified atom stereocenters. The van der Waals surface area contributed by atoms with Crippen molar-refractivity contribution in [2.75, 3.05) is 11.9 Å². The summed E-state index contributed by atoms with van der Waals surface area (Å²) in [6, 6.07) is 9.22. The van der Waals surface area contributed by atoms with Crippen molar-refractivity contribution in [1.29, 1.82) is 0 Å². The van der Waals surface area contributed by atoms with Gasteiger partial charge in [0.15, 0.2) is 0 Å². The first kappa shape index (κ1) is 18.4. The van der Waals surface area contributed by atoms with E-state index >= 15 is 0 Å². The quantitative estimate of drug-likeness (QED) is 0.775. The Balaban J connectivity index is 1.90. The Kier molecular flexibility index (Phi) is 6.51. The molecule has 0 aliphatic heterocycles. The second-order valence-electron chi connectivity index (χ2n) is 5.54. The zero-order valence-corrected chi connectivity index (χ0v) is 14.7. The molecular formula is C19H22N2O4. The fourth-order valence-electron chi connectivity index (χ4n) is 2.13. The predicted octanol–water partition coefficient (Wildman–Crippen LogP) is 3.77. The summed E-state index contributed by atoms with van der Waals surface area (Å²) in [6.07, 6.45) is 1.64. The summed E-state index contributed by atoms with van der Waals surface area (Å²) in [4.78, 5) is 27.2. The lowest BCUT2D eigenvalue weighted by atomic mass is 10.1. The fourth-order valence-corrected chi connectivity index (χ4v) is 2.13. The van der Waals surface area contributed by atoms with Crippen molar-refractivity contribution in [2.24, 2.45) is 0 Å². The first-order valence-corrected chi connectivity index (χ1v) is 8.15. The Morgan fingerprint density at radius 3 is 2.60 bits per heavy atom. The zero-order valence-electron chi connectivity index (χ0n) is 14.7. The molecule has 0 saturated heterocycles. The van der Waals surface area contributed by atoms with Gasteiger partial charge in [-0.05, 0) is 44.0 Å². The number of aryl methyl sites for hydroxylation is 1. The summed E-state index contributed by atoms with van der Waals surface area (Å²) in [6.45, 7) is 6.05. The molecule has 1 N–H and O–H groups in total. The maximum absolute atomic E-state index is 11.8. The Hall–Kier alpha value is -2.89. The molecule has 2 rings (SSSR count). The standard InChI is InChI=1S/C19H22N2O4/c1-4-24-19(23)11-9-17(22)21-15-8-10-18(20-12-15)25-16-7-5-6-13(2)14(16)3/h5-8,10,12H,4,9,11H2,1-3H3,(H,21,22). The predicted molar refractivity (Wildman–Crippen MR) is 94.7 cm³/mol. The van der Waals surface area contributed by atoms with Crippen LogP contribution < -0.4 is 10.1 Å². The fraction of sp³-hybridized carbons (Fsp3) is 0.316. The average Bonchev–Trinajstić information content (AvgIpc) is 2.59. The van der Waals surface area contributed by atoms with E-state index in [1.54, 1.807) is 19.1 Å². The summed E-state index contributed by atoms with van der Waals surface area (Å²) in [5, 5.41) is 2.69. The van der Waals surface area contributed by atoms with Gasteiger partial charge in [-0.25, -0.2) is 4.98 Å². The average molecular weight is 342 g/mol. The van der Waals surface area contributed by atoms with E-state index in [1.165, 1.54) is 6.20 Å². The summed E-state index contributed by atoms with van der Waals surface area (Å²) in [7, 11) is 0. The van der Waals surface area contributed by atoms with Gasteiger partial charge in [-0.1, -0.05) is 12.1 Å². The molecule has 0 aliphatic rings. The summed E-state index contributed by atoms with van der Waals surface area (Å²) in [5.41, 5.74) is 2.74. The van der Waals surface area contributed by atoms with Gasteiger partial charge in [0.1, 0.15) is 5.75 Å². The molecular weight excluding hydrogens is 320 g/mol. The van der Waals surface area contributed by atoms with Gasteiger partial charge in [0.2, 0.25) is 11.8 Å². The Morgan fingerprint density at radius 1 is 1.12 bits per heavy atom. The van der Waals surface area contributed by atoms with Crippen LogP contribution in [0.3, 0.4) is 0 Å². The van der Waals surface area contributed by atoms with E-state index in [4.69, 9.17) is 9.47 Å². The van der Waals surface area contributed by atoms with Crippen molar-refractivity contribution >= 4 is 17.6 Å². The van der Waals surface area contributed by atoms with Crippen LogP contribution in [0.4, 0.5) is 5.69 Å². The molecule has 0 aliphatic carbocycles. The second-order valence-corrected chi connectivity index (χ2v) is 5.54. The maximum Gasteiger partial charge on any atom is 0.306 e. The van der Waals surface area contributed by atoms with Gasteiger partial charge >= 0.3 is 5.97 Å². The van der Waals surface area contributed by atoms with Crippen molar-refractivity contribution in [3.63, 3.8) is 0 Å². The molecule has 132 valence electrons. The van der Waals surface area contributed by atoms with Gasteiger partial charge < -0.3 is 14.8 Å². The van der Waals surface area contributed by atoms with E-state index < -0.39 is 0 Å². The number of nitrogens with zero attached hydrogens (tertiary/aromatic N) is 1. The van der Waals surface area contributed by atoms with Gasteiger partial charge in [0.05, 0.1) is 24.9 Å². The highest BCUT2D eigenvalue weighted by Crippen LogP contribution is 2.26. The molecule has 0 bridgehead atoms. The summed E-state index contributed by atoms with van der Waals surface area (Å²) in [5.74, 6) is 0.544. The molecule has 6 heteroatoms. The number of hydrogen-bond acceptors (Lipinski definition) is 5.